The van der Waals surface area contributed by atoms with Gasteiger partial charge in [0.15, 0.2) is 0 Å². The molecular weight excluding hydrogens is 192 g/mol. The van der Waals surface area contributed by atoms with E-state index in [4.69, 9.17) is 0 Å². The average Bonchev–Trinajstić information content (AvgIpc) is 2.19. The van der Waals surface area contributed by atoms with Crippen LogP contribution in [0.5, 0.6) is 0 Å². The topological polar surface area (TPSA) is 43.4 Å². The summed E-state index contributed by atoms with van der Waals surface area (Å²) in [5, 5.41) is 0. The summed E-state index contributed by atoms with van der Waals surface area (Å²) < 4.78 is 4.58. The van der Waals surface area contributed by atoms with Gasteiger partial charge < -0.3 is 4.74 Å². The zero-order valence-electron chi connectivity index (χ0n) is 9.84. The van der Waals surface area contributed by atoms with Gasteiger partial charge in [-0.05, 0) is 19.3 Å². The van der Waals surface area contributed by atoms with Crippen molar-refractivity contribution in [3.63, 3.8) is 0 Å². The molecule has 1 unspecified atom stereocenters. The fourth-order valence-corrected chi connectivity index (χ4v) is 2.27. The molecule has 0 aromatic rings. The fraction of sp³-hybridized carbons (Fsp3) is 0.833. The Morgan fingerprint density at radius 2 is 2.20 bits per heavy atom. The number of hydrogen-bond acceptors (Lipinski definition) is 3. The van der Waals surface area contributed by atoms with Crippen LogP contribution < -0.4 is 0 Å². The van der Waals surface area contributed by atoms with Crippen LogP contribution in [0.15, 0.2) is 0 Å². The van der Waals surface area contributed by atoms with Gasteiger partial charge in [-0.1, -0.05) is 20.3 Å². The number of carbonyl (C=O) groups is 2. The Bertz CT molecular complexity index is 256. The van der Waals surface area contributed by atoms with Gasteiger partial charge >= 0.3 is 5.97 Å². The van der Waals surface area contributed by atoms with Crippen molar-refractivity contribution in [2.45, 2.75) is 46.0 Å². The van der Waals surface area contributed by atoms with E-state index in [0.29, 0.717) is 18.6 Å². The maximum Gasteiger partial charge on any atom is 0.305 e. The zero-order chi connectivity index (χ0) is 11.5. The minimum absolute atomic E-state index is 0.0628. The highest BCUT2D eigenvalue weighted by Gasteiger charge is 2.36. The van der Waals surface area contributed by atoms with Gasteiger partial charge in [0, 0.05) is 17.8 Å². The molecular formula is C12H20O3. The number of hydrogen-bond donors (Lipinski definition) is 0. The molecule has 1 saturated carbocycles. The molecule has 0 spiro atoms. The monoisotopic (exact) mass is 212 g/mol. The van der Waals surface area contributed by atoms with Crippen LogP contribution in [0.1, 0.15) is 46.0 Å². The molecule has 3 nitrogen and oxygen atoms in total. The van der Waals surface area contributed by atoms with Crippen LogP contribution in [0.25, 0.3) is 0 Å². The first-order valence-electron chi connectivity index (χ1n) is 5.58. The van der Waals surface area contributed by atoms with E-state index in [1.54, 1.807) is 0 Å². The number of ether oxygens (including phenoxy) is 1. The molecule has 0 amide bonds. The first-order valence-corrected chi connectivity index (χ1v) is 5.58. The number of Topliss-reactive ketones (excluding diaryl/α,β-unsaturated/α-hetero) is 1. The molecule has 3 heteroatoms. The van der Waals surface area contributed by atoms with Gasteiger partial charge in [0.1, 0.15) is 5.78 Å². The van der Waals surface area contributed by atoms with E-state index >= 15 is 0 Å². The van der Waals surface area contributed by atoms with Crippen molar-refractivity contribution < 1.29 is 14.3 Å². The molecule has 0 aromatic carbocycles. The Labute approximate surface area is 91.2 Å². The number of rotatable bonds is 3. The van der Waals surface area contributed by atoms with E-state index in [0.717, 1.165) is 19.3 Å². The summed E-state index contributed by atoms with van der Waals surface area (Å²) in [5.41, 5.74) is -0.195. The second-order valence-electron chi connectivity index (χ2n) is 4.95. The van der Waals surface area contributed by atoms with Gasteiger partial charge in [0.2, 0.25) is 0 Å². The second kappa shape index (κ2) is 4.77. The highest BCUT2D eigenvalue weighted by atomic mass is 16.5. The van der Waals surface area contributed by atoms with Gasteiger partial charge in [0.05, 0.1) is 7.11 Å². The van der Waals surface area contributed by atoms with Crippen molar-refractivity contribution in [2.75, 3.05) is 7.11 Å². The molecule has 0 N–H and O–H groups in total. The molecule has 1 atom stereocenters. The van der Waals surface area contributed by atoms with Crippen molar-refractivity contribution in [2.24, 2.45) is 11.3 Å². The minimum Gasteiger partial charge on any atom is -0.469 e. The van der Waals surface area contributed by atoms with Crippen molar-refractivity contribution >= 4 is 11.8 Å². The summed E-state index contributed by atoms with van der Waals surface area (Å²) in [4.78, 5) is 23.0. The lowest BCUT2D eigenvalue weighted by molar-refractivity contribution is -0.141. The number of esters is 1. The predicted molar refractivity (Wildman–Crippen MR) is 57.4 cm³/mol. The molecule has 0 aliphatic heterocycles. The summed E-state index contributed by atoms with van der Waals surface area (Å²) >= 11 is 0. The van der Waals surface area contributed by atoms with E-state index in [9.17, 15) is 9.59 Å². The number of ketones is 1. The van der Waals surface area contributed by atoms with Crippen LogP contribution in [0, 0.1) is 11.3 Å². The molecule has 1 aliphatic rings. The number of methoxy groups -OCH3 is 1. The van der Waals surface area contributed by atoms with Gasteiger partial charge in [-0.2, -0.15) is 0 Å². The van der Waals surface area contributed by atoms with E-state index in [2.05, 4.69) is 4.74 Å². The zero-order valence-corrected chi connectivity index (χ0v) is 9.84. The lowest BCUT2D eigenvalue weighted by atomic mass is 9.70. The van der Waals surface area contributed by atoms with Gasteiger partial charge in [-0.3, -0.25) is 9.59 Å². The third-order valence-electron chi connectivity index (χ3n) is 3.32. The third-order valence-corrected chi connectivity index (χ3v) is 3.32. The molecule has 1 fully saturated rings. The van der Waals surface area contributed by atoms with Crippen molar-refractivity contribution in [3.05, 3.63) is 0 Å². The lowest BCUT2D eigenvalue weighted by Crippen LogP contribution is -2.35. The second-order valence-corrected chi connectivity index (χ2v) is 4.95. The first kappa shape index (κ1) is 12.2. The average molecular weight is 212 g/mol. The van der Waals surface area contributed by atoms with Crippen LogP contribution in [0.3, 0.4) is 0 Å². The standard InChI is InChI=1S/C12H20O3/c1-12(2)8-4-5-9(11(12)14)6-7-10(13)15-3/h9H,4-8H2,1-3H3. The van der Waals surface area contributed by atoms with Crippen LogP contribution in [-0.4, -0.2) is 18.9 Å². The molecule has 1 aliphatic carbocycles. The molecule has 15 heavy (non-hydrogen) atoms. The molecule has 0 radical (unpaired) electrons. The summed E-state index contributed by atoms with van der Waals surface area (Å²) in [5.74, 6) is 0.164. The van der Waals surface area contributed by atoms with E-state index < -0.39 is 0 Å². The highest BCUT2D eigenvalue weighted by molar-refractivity contribution is 5.87. The highest BCUT2D eigenvalue weighted by Crippen LogP contribution is 2.37. The third kappa shape index (κ3) is 3.05. The Morgan fingerprint density at radius 1 is 1.53 bits per heavy atom. The SMILES string of the molecule is COC(=O)CCC1CCCC(C)(C)C1=O. The van der Waals surface area contributed by atoms with Crippen molar-refractivity contribution in [3.8, 4) is 0 Å². The normalized spacial score (nSPS) is 25.0. The van der Waals surface area contributed by atoms with E-state index in [1.807, 2.05) is 13.8 Å². The smallest absolute Gasteiger partial charge is 0.305 e. The molecule has 0 aromatic heterocycles. The first-order chi connectivity index (χ1) is 6.97. The van der Waals surface area contributed by atoms with Gasteiger partial charge in [-0.15, -0.1) is 0 Å². The Kier molecular flexibility index (Phi) is 3.89. The fourth-order valence-electron chi connectivity index (χ4n) is 2.27. The minimum atomic E-state index is -0.217. The number of carbonyl (C=O) groups excluding carboxylic acids is 2. The molecule has 0 bridgehead atoms. The lowest BCUT2D eigenvalue weighted by Gasteiger charge is -2.33. The predicted octanol–water partition coefficient (Wildman–Crippen LogP) is 2.33. The summed E-state index contributed by atoms with van der Waals surface area (Å²) in [6.07, 6.45) is 4.00. The Balaban J connectivity index is 2.48. The van der Waals surface area contributed by atoms with E-state index in [-0.39, 0.29) is 17.3 Å². The van der Waals surface area contributed by atoms with Crippen molar-refractivity contribution in [1.29, 1.82) is 0 Å². The maximum absolute atomic E-state index is 12.0. The Morgan fingerprint density at radius 3 is 2.80 bits per heavy atom. The van der Waals surface area contributed by atoms with Gasteiger partial charge in [-0.25, -0.2) is 0 Å². The summed E-state index contributed by atoms with van der Waals surface area (Å²) in [6, 6.07) is 0. The molecule has 86 valence electrons. The maximum atomic E-state index is 12.0. The molecule has 1 rings (SSSR count). The summed E-state index contributed by atoms with van der Waals surface area (Å²) in [7, 11) is 1.38. The Hall–Kier alpha value is -0.860. The van der Waals surface area contributed by atoms with E-state index in [1.165, 1.54) is 7.11 Å². The van der Waals surface area contributed by atoms with Crippen molar-refractivity contribution in [1.82, 2.24) is 0 Å². The largest absolute Gasteiger partial charge is 0.469 e. The summed E-state index contributed by atoms with van der Waals surface area (Å²) in [6.45, 7) is 4.00. The van der Waals surface area contributed by atoms with Crippen LogP contribution >= 0.6 is 0 Å². The van der Waals surface area contributed by atoms with Crippen LogP contribution in [0.4, 0.5) is 0 Å². The van der Waals surface area contributed by atoms with Crippen LogP contribution in [-0.2, 0) is 14.3 Å². The molecule has 0 heterocycles. The van der Waals surface area contributed by atoms with Crippen LogP contribution in [0.2, 0.25) is 0 Å². The van der Waals surface area contributed by atoms with Gasteiger partial charge in [0.25, 0.3) is 0 Å². The quantitative estimate of drug-likeness (QED) is 0.674. The molecule has 0 saturated heterocycles.